The zero-order valence-corrected chi connectivity index (χ0v) is 24.4. The van der Waals surface area contributed by atoms with E-state index in [-0.39, 0.29) is 22.8 Å². The summed E-state index contributed by atoms with van der Waals surface area (Å²) in [5, 5.41) is 0. The minimum absolute atomic E-state index is 0.169. The Bertz CT molecular complexity index is 1810. The van der Waals surface area contributed by atoms with Crippen molar-refractivity contribution < 1.29 is 9.13 Å². The average molecular weight is 586 g/mol. The molecule has 216 valence electrons. The Balaban J connectivity index is 1.09. The number of imidazole rings is 1. The number of hydrogen-bond donors (Lipinski definition) is 2. The van der Waals surface area contributed by atoms with Crippen molar-refractivity contribution in [2.75, 3.05) is 31.1 Å². The molecule has 9 nitrogen and oxygen atoms in total. The summed E-state index contributed by atoms with van der Waals surface area (Å²) in [4.78, 5) is 36.7. The molecule has 3 aromatic heterocycles. The number of halogens is 1. The SMILES string of the molecule is CC(C)c1scnc1-c1cc(F)ccc1Oc1cncnc1N1CCC2(CCN(Cc3ccc4[nH]c(=O)[nH]c4c3)C2)C1. The van der Waals surface area contributed by atoms with Crippen LogP contribution in [0, 0.1) is 11.2 Å². The summed E-state index contributed by atoms with van der Waals surface area (Å²) in [5.74, 6) is 1.75. The molecule has 2 aliphatic heterocycles. The molecule has 5 aromatic rings. The Morgan fingerprint density at radius 3 is 2.79 bits per heavy atom. The Labute approximate surface area is 246 Å². The molecule has 11 heteroatoms. The average Bonchev–Trinajstić information content (AvgIpc) is 3.77. The highest BCUT2D eigenvalue weighted by Crippen LogP contribution is 2.44. The molecule has 2 aliphatic rings. The number of aromatic amines is 2. The maximum absolute atomic E-state index is 14.4. The van der Waals surface area contributed by atoms with Crippen LogP contribution in [0.4, 0.5) is 10.2 Å². The third-order valence-corrected chi connectivity index (χ3v) is 9.57. The van der Waals surface area contributed by atoms with Crippen molar-refractivity contribution in [2.45, 2.75) is 39.2 Å². The number of nitrogens with zero attached hydrogens (tertiary/aromatic N) is 5. The Morgan fingerprint density at radius 2 is 1.90 bits per heavy atom. The smallest absolute Gasteiger partial charge is 0.323 e. The molecule has 2 N–H and O–H groups in total. The predicted molar refractivity (Wildman–Crippen MR) is 162 cm³/mol. The van der Waals surface area contributed by atoms with Gasteiger partial charge in [-0.2, -0.15) is 0 Å². The molecule has 2 fully saturated rings. The first-order chi connectivity index (χ1) is 20.4. The molecular formula is C31H32FN7O2S. The molecule has 2 aromatic carbocycles. The van der Waals surface area contributed by atoms with Gasteiger partial charge in [-0.25, -0.2) is 24.1 Å². The largest absolute Gasteiger partial charge is 0.451 e. The van der Waals surface area contributed by atoms with E-state index in [1.165, 1.54) is 17.7 Å². The third kappa shape index (κ3) is 5.07. The molecule has 0 radical (unpaired) electrons. The minimum Gasteiger partial charge on any atom is -0.451 e. The molecule has 1 unspecified atom stereocenters. The van der Waals surface area contributed by atoms with Crippen molar-refractivity contribution in [3.63, 3.8) is 0 Å². The van der Waals surface area contributed by atoms with Gasteiger partial charge in [0.15, 0.2) is 11.6 Å². The molecular weight excluding hydrogens is 553 g/mol. The van der Waals surface area contributed by atoms with Crippen molar-refractivity contribution >= 4 is 28.2 Å². The predicted octanol–water partition coefficient (Wildman–Crippen LogP) is 5.93. The summed E-state index contributed by atoms with van der Waals surface area (Å²) >= 11 is 1.57. The van der Waals surface area contributed by atoms with Gasteiger partial charge in [-0.1, -0.05) is 19.9 Å². The first kappa shape index (κ1) is 26.8. The maximum atomic E-state index is 14.4. The zero-order chi connectivity index (χ0) is 28.8. The first-order valence-corrected chi connectivity index (χ1v) is 15.1. The molecule has 7 rings (SSSR count). The van der Waals surface area contributed by atoms with Gasteiger partial charge < -0.3 is 19.6 Å². The van der Waals surface area contributed by atoms with E-state index < -0.39 is 0 Å². The van der Waals surface area contributed by atoms with Crippen LogP contribution >= 0.6 is 11.3 Å². The zero-order valence-electron chi connectivity index (χ0n) is 23.6. The van der Waals surface area contributed by atoms with Gasteiger partial charge in [0.05, 0.1) is 28.4 Å². The Hall–Kier alpha value is -4.09. The highest BCUT2D eigenvalue weighted by Gasteiger charge is 2.44. The molecule has 1 atom stereocenters. The Kier molecular flexibility index (Phi) is 6.78. The fraction of sp³-hybridized carbons (Fsp3) is 0.355. The van der Waals surface area contributed by atoms with E-state index in [2.05, 4.69) is 60.7 Å². The highest BCUT2D eigenvalue weighted by atomic mass is 32.1. The van der Waals surface area contributed by atoms with Gasteiger partial charge in [0.25, 0.3) is 0 Å². The van der Waals surface area contributed by atoms with Gasteiger partial charge >= 0.3 is 5.69 Å². The number of thiazole rings is 1. The molecule has 2 saturated heterocycles. The number of benzene rings is 2. The molecule has 42 heavy (non-hydrogen) atoms. The third-order valence-electron chi connectivity index (χ3n) is 8.44. The second kappa shape index (κ2) is 10.6. The van der Waals surface area contributed by atoms with Crippen LogP contribution in [0.3, 0.4) is 0 Å². The van der Waals surface area contributed by atoms with E-state index in [0.717, 1.165) is 73.0 Å². The second-order valence-electron chi connectivity index (χ2n) is 11.8. The number of ether oxygens (including phenoxy) is 1. The summed E-state index contributed by atoms with van der Waals surface area (Å²) in [6, 6.07) is 10.7. The standard InChI is InChI=1S/C31H32FN7O2S/c1-19(2)28-27(35-18-42-28)22-12-21(32)4-6-25(22)41-26-13-33-17-34-29(26)39-10-8-31(16-39)7-9-38(15-31)14-20-3-5-23-24(11-20)37-30(40)36-23/h3-6,11-13,17-19H,7-10,14-16H2,1-2H3,(H2,36,37,40). The Morgan fingerprint density at radius 1 is 1.05 bits per heavy atom. The first-order valence-electron chi connectivity index (χ1n) is 14.3. The van der Waals surface area contributed by atoms with Gasteiger partial charge in [-0.3, -0.25) is 4.90 Å². The van der Waals surface area contributed by atoms with Crippen LogP contribution in [0.1, 0.15) is 43.0 Å². The lowest BCUT2D eigenvalue weighted by Gasteiger charge is -2.26. The van der Waals surface area contributed by atoms with Crippen LogP contribution in [0.5, 0.6) is 11.5 Å². The topological polar surface area (TPSA) is 103 Å². The minimum atomic E-state index is -0.335. The molecule has 0 bridgehead atoms. The van der Waals surface area contributed by atoms with Gasteiger partial charge in [0.1, 0.15) is 17.9 Å². The van der Waals surface area contributed by atoms with Crippen LogP contribution in [0.2, 0.25) is 0 Å². The number of rotatable bonds is 7. The molecule has 0 aliphatic carbocycles. The molecule has 0 amide bonds. The number of H-pyrrole nitrogens is 2. The van der Waals surface area contributed by atoms with E-state index in [0.29, 0.717) is 17.1 Å². The van der Waals surface area contributed by atoms with E-state index in [9.17, 15) is 9.18 Å². The summed E-state index contributed by atoms with van der Waals surface area (Å²) in [5.41, 5.74) is 6.02. The van der Waals surface area contributed by atoms with Crippen LogP contribution in [0.25, 0.3) is 22.3 Å². The highest BCUT2D eigenvalue weighted by molar-refractivity contribution is 7.10. The normalized spacial score (nSPS) is 19.1. The van der Waals surface area contributed by atoms with Crippen LogP contribution in [-0.4, -0.2) is 56.0 Å². The summed E-state index contributed by atoms with van der Waals surface area (Å²) in [7, 11) is 0. The lowest BCUT2D eigenvalue weighted by molar-refractivity contribution is 0.270. The quantitative estimate of drug-likeness (QED) is 0.244. The maximum Gasteiger partial charge on any atom is 0.323 e. The summed E-state index contributed by atoms with van der Waals surface area (Å²) in [6.45, 7) is 8.82. The van der Waals surface area contributed by atoms with Crippen LogP contribution < -0.4 is 15.3 Å². The second-order valence-corrected chi connectivity index (χ2v) is 12.7. The lowest BCUT2D eigenvalue weighted by Crippen LogP contribution is -2.31. The van der Waals surface area contributed by atoms with Crippen molar-refractivity contribution in [3.05, 3.63) is 81.2 Å². The van der Waals surface area contributed by atoms with Crippen LogP contribution in [0.15, 0.2) is 59.2 Å². The van der Waals surface area contributed by atoms with Crippen molar-refractivity contribution in [1.82, 2.24) is 29.8 Å². The molecule has 1 spiro atoms. The fourth-order valence-electron chi connectivity index (χ4n) is 6.43. The van der Waals surface area contributed by atoms with Crippen molar-refractivity contribution in [2.24, 2.45) is 5.41 Å². The number of likely N-dealkylation sites (tertiary alicyclic amines) is 1. The van der Waals surface area contributed by atoms with Crippen LogP contribution in [-0.2, 0) is 6.54 Å². The molecule has 0 saturated carbocycles. The number of anilines is 1. The lowest BCUT2D eigenvalue weighted by atomic mass is 9.86. The summed E-state index contributed by atoms with van der Waals surface area (Å²) < 4.78 is 20.9. The number of aromatic nitrogens is 5. The van der Waals surface area contributed by atoms with Gasteiger partial charge in [-0.05, 0) is 61.2 Å². The van der Waals surface area contributed by atoms with Gasteiger partial charge in [0, 0.05) is 42.0 Å². The van der Waals surface area contributed by atoms with E-state index in [1.807, 2.05) is 6.07 Å². The van der Waals surface area contributed by atoms with E-state index in [1.54, 1.807) is 35.4 Å². The van der Waals surface area contributed by atoms with Crippen molar-refractivity contribution in [1.29, 1.82) is 0 Å². The van der Waals surface area contributed by atoms with E-state index in [4.69, 9.17) is 4.74 Å². The monoisotopic (exact) mass is 585 g/mol. The fourth-order valence-corrected chi connectivity index (χ4v) is 7.25. The summed E-state index contributed by atoms with van der Waals surface area (Å²) in [6.07, 6.45) is 5.42. The van der Waals surface area contributed by atoms with Gasteiger partial charge in [0.2, 0.25) is 0 Å². The van der Waals surface area contributed by atoms with Gasteiger partial charge in [-0.15, -0.1) is 11.3 Å². The number of fused-ring (bicyclic) bond motifs is 1. The number of hydrogen-bond acceptors (Lipinski definition) is 8. The van der Waals surface area contributed by atoms with E-state index >= 15 is 0 Å². The van der Waals surface area contributed by atoms with Crippen molar-refractivity contribution in [3.8, 4) is 22.8 Å². The molecule has 5 heterocycles. The number of nitrogens with one attached hydrogen (secondary N) is 2.